The first-order valence-corrected chi connectivity index (χ1v) is 6.19. The lowest BCUT2D eigenvalue weighted by atomic mass is 10.4. The standard InChI is InChI=1S/C11H11N5S/c12-3-1-9-13-4-5-16(9)11-10-8(2-6-17-10)14-7-15-11/h2,4-7H,1,3,12H2. The molecule has 5 nitrogen and oxygen atoms in total. The summed E-state index contributed by atoms with van der Waals surface area (Å²) in [5.41, 5.74) is 6.54. The topological polar surface area (TPSA) is 69.6 Å². The quantitative estimate of drug-likeness (QED) is 0.756. The third kappa shape index (κ3) is 1.71. The van der Waals surface area contributed by atoms with Crippen molar-refractivity contribution < 1.29 is 0 Å². The van der Waals surface area contributed by atoms with Crippen LogP contribution in [-0.2, 0) is 6.42 Å². The molecule has 0 aliphatic rings. The Morgan fingerprint density at radius 3 is 3.12 bits per heavy atom. The summed E-state index contributed by atoms with van der Waals surface area (Å²) in [5, 5.41) is 2.02. The van der Waals surface area contributed by atoms with E-state index in [1.165, 1.54) is 0 Å². The minimum Gasteiger partial charge on any atom is -0.330 e. The van der Waals surface area contributed by atoms with Crippen LogP contribution < -0.4 is 5.73 Å². The first-order valence-electron chi connectivity index (χ1n) is 5.31. The van der Waals surface area contributed by atoms with Gasteiger partial charge in [-0.25, -0.2) is 15.0 Å². The van der Waals surface area contributed by atoms with E-state index in [0.29, 0.717) is 6.54 Å². The van der Waals surface area contributed by atoms with E-state index in [9.17, 15) is 0 Å². The number of aromatic nitrogens is 4. The summed E-state index contributed by atoms with van der Waals surface area (Å²) in [6.45, 7) is 0.579. The number of imidazole rings is 1. The molecule has 0 amide bonds. The molecule has 3 rings (SSSR count). The minimum absolute atomic E-state index is 0.579. The summed E-state index contributed by atoms with van der Waals surface area (Å²) in [6.07, 6.45) is 6.00. The fraction of sp³-hybridized carbons (Fsp3) is 0.182. The van der Waals surface area contributed by atoms with Crippen molar-refractivity contribution in [1.29, 1.82) is 0 Å². The maximum absolute atomic E-state index is 5.58. The number of nitrogens with zero attached hydrogens (tertiary/aromatic N) is 4. The van der Waals surface area contributed by atoms with Gasteiger partial charge in [-0.05, 0) is 18.0 Å². The molecule has 2 N–H and O–H groups in total. The first kappa shape index (κ1) is 10.4. The Hall–Kier alpha value is -1.79. The van der Waals surface area contributed by atoms with E-state index in [4.69, 9.17) is 5.73 Å². The molecule has 0 saturated heterocycles. The van der Waals surface area contributed by atoms with Crippen molar-refractivity contribution in [3.8, 4) is 5.82 Å². The molecule has 6 heteroatoms. The van der Waals surface area contributed by atoms with Crippen LogP contribution in [0, 0.1) is 0 Å². The molecule has 0 aliphatic heterocycles. The van der Waals surface area contributed by atoms with Crippen LogP contribution in [0.15, 0.2) is 30.2 Å². The van der Waals surface area contributed by atoms with E-state index in [1.807, 2.05) is 22.2 Å². The molecule has 0 aromatic carbocycles. The number of fused-ring (bicyclic) bond motifs is 1. The largest absolute Gasteiger partial charge is 0.330 e. The van der Waals surface area contributed by atoms with Gasteiger partial charge in [0, 0.05) is 18.8 Å². The fourth-order valence-corrected chi connectivity index (χ4v) is 2.62. The zero-order valence-corrected chi connectivity index (χ0v) is 9.89. The SMILES string of the molecule is NCCc1nccn1-c1ncnc2ccsc12. The molecule has 0 aliphatic carbocycles. The number of thiophene rings is 1. The lowest BCUT2D eigenvalue weighted by Gasteiger charge is -2.06. The Morgan fingerprint density at radius 2 is 2.24 bits per heavy atom. The molecule has 0 unspecified atom stereocenters. The second-order valence-electron chi connectivity index (χ2n) is 3.58. The van der Waals surface area contributed by atoms with E-state index < -0.39 is 0 Å². The van der Waals surface area contributed by atoms with Crippen molar-refractivity contribution >= 4 is 21.6 Å². The average Bonchev–Trinajstić information content (AvgIpc) is 2.96. The van der Waals surface area contributed by atoms with Gasteiger partial charge in [0.2, 0.25) is 0 Å². The third-order valence-corrected chi connectivity index (χ3v) is 3.44. The smallest absolute Gasteiger partial charge is 0.159 e. The number of nitrogens with two attached hydrogens (primary N) is 1. The molecule has 3 heterocycles. The normalized spacial score (nSPS) is 11.1. The monoisotopic (exact) mass is 245 g/mol. The van der Waals surface area contributed by atoms with E-state index >= 15 is 0 Å². The van der Waals surface area contributed by atoms with Crippen molar-refractivity contribution in [1.82, 2.24) is 19.5 Å². The van der Waals surface area contributed by atoms with Crippen molar-refractivity contribution in [2.24, 2.45) is 5.73 Å². The lowest BCUT2D eigenvalue weighted by molar-refractivity contribution is 0.826. The molecule has 0 radical (unpaired) electrons. The van der Waals surface area contributed by atoms with E-state index in [-0.39, 0.29) is 0 Å². The molecule has 3 aromatic rings. The van der Waals surface area contributed by atoms with Gasteiger partial charge in [-0.1, -0.05) is 0 Å². The fourth-order valence-electron chi connectivity index (χ4n) is 1.79. The molecule has 0 saturated carbocycles. The third-order valence-electron chi connectivity index (χ3n) is 2.54. The number of hydrogen-bond acceptors (Lipinski definition) is 5. The van der Waals surface area contributed by atoms with Gasteiger partial charge in [-0.15, -0.1) is 11.3 Å². The van der Waals surface area contributed by atoms with Crippen molar-refractivity contribution in [3.05, 3.63) is 36.0 Å². The molecular formula is C11H11N5S. The van der Waals surface area contributed by atoms with Crippen LogP contribution in [0.5, 0.6) is 0 Å². The Balaban J connectivity index is 2.20. The molecule has 0 bridgehead atoms. The predicted molar refractivity (Wildman–Crippen MR) is 67.3 cm³/mol. The highest BCUT2D eigenvalue weighted by molar-refractivity contribution is 7.17. The molecule has 0 atom stereocenters. The molecule has 17 heavy (non-hydrogen) atoms. The Kier molecular flexibility index (Phi) is 2.58. The van der Waals surface area contributed by atoms with Crippen molar-refractivity contribution in [2.75, 3.05) is 6.54 Å². The summed E-state index contributed by atoms with van der Waals surface area (Å²) in [4.78, 5) is 12.9. The highest BCUT2D eigenvalue weighted by Gasteiger charge is 2.10. The second-order valence-corrected chi connectivity index (χ2v) is 4.50. The molecule has 0 fully saturated rings. The zero-order valence-electron chi connectivity index (χ0n) is 9.08. The van der Waals surface area contributed by atoms with Gasteiger partial charge in [0.15, 0.2) is 5.82 Å². The van der Waals surface area contributed by atoms with Crippen LogP contribution in [0.4, 0.5) is 0 Å². The minimum atomic E-state index is 0.579. The van der Waals surface area contributed by atoms with E-state index in [1.54, 1.807) is 23.9 Å². The van der Waals surface area contributed by atoms with E-state index in [0.717, 1.165) is 28.3 Å². The average molecular weight is 245 g/mol. The predicted octanol–water partition coefficient (Wildman–Crippen LogP) is 1.38. The van der Waals surface area contributed by atoms with E-state index in [2.05, 4.69) is 15.0 Å². The highest BCUT2D eigenvalue weighted by atomic mass is 32.1. The Bertz CT molecular complexity index is 642. The van der Waals surface area contributed by atoms with Gasteiger partial charge in [0.1, 0.15) is 12.2 Å². The molecule has 86 valence electrons. The van der Waals surface area contributed by atoms with Gasteiger partial charge < -0.3 is 5.73 Å². The maximum atomic E-state index is 5.58. The Labute approximate surface area is 102 Å². The van der Waals surface area contributed by atoms with Crippen molar-refractivity contribution in [3.63, 3.8) is 0 Å². The molecule has 0 spiro atoms. The summed E-state index contributed by atoms with van der Waals surface area (Å²) >= 11 is 1.63. The summed E-state index contributed by atoms with van der Waals surface area (Å²) in [6, 6.07) is 1.99. The van der Waals surface area contributed by atoms with Crippen molar-refractivity contribution in [2.45, 2.75) is 6.42 Å². The van der Waals surface area contributed by atoms with Crippen LogP contribution in [0.3, 0.4) is 0 Å². The van der Waals surface area contributed by atoms with Gasteiger partial charge in [-0.3, -0.25) is 4.57 Å². The van der Waals surface area contributed by atoms with Gasteiger partial charge in [0.05, 0.1) is 10.2 Å². The summed E-state index contributed by atoms with van der Waals surface area (Å²) < 4.78 is 3.05. The lowest BCUT2D eigenvalue weighted by Crippen LogP contribution is -2.09. The number of hydrogen-bond donors (Lipinski definition) is 1. The summed E-state index contributed by atoms with van der Waals surface area (Å²) in [7, 11) is 0. The van der Waals surface area contributed by atoms with Crippen LogP contribution >= 0.6 is 11.3 Å². The second kappa shape index (κ2) is 4.23. The summed E-state index contributed by atoms with van der Waals surface area (Å²) in [5.74, 6) is 1.81. The number of rotatable bonds is 3. The highest BCUT2D eigenvalue weighted by Crippen LogP contribution is 2.24. The maximum Gasteiger partial charge on any atom is 0.159 e. The van der Waals surface area contributed by atoms with Gasteiger partial charge in [0.25, 0.3) is 0 Å². The van der Waals surface area contributed by atoms with Gasteiger partial charge in [-0.2, -0.15) is 0 Å². The van der Waals surface area contributed by atoms with Crippen LogP contribution in [-0.4, -0.2) is 26.1 Å². The molecule has 3 aromatic heterocycles. The Morgan fingerprint density at radius 1 is 1.29 bits per heavy atom. The zero-order chi connectivity index (χ0) is 11.7. The van der Waals surface area contributed by atoms with Crippen LogP contribution in [0.1, 0.15) is 5.82 Å². The first-order chi connectivity index (χ1) is 8.40. The van der Waals surface area contributed by atoms with Crippen LogP contribution in [0.2, 0.25) is 0 Å². The molecular weight excluding hydrogens is 234 g/mol. The van der Waals surface area contributed by atoms with Crippen LogP contribution in [0.25, 0.3) is 16.0 Å². The van der Waals surface area contributed by atoms with Gasteiger partial charge >= 0.3 is 0 Å².